The van der Waals surface area contributed by atoms with E-state index in [0.717, 1.165) is 11.8 Å². The summed E-state index contributed by atoms with van der Waals surface area (Å²) in [5.74, 6) is -0.284. The number of nitrogens with zero attached hydrogens (tertiary/aromatic N) is 4. The van der Waals surface area contributed by atoms with Gasteiger partial charge in [-0.25, -0.2) is 18.1 Å². The van der Waals surface area contributed by atoms with Gasteiger partial charge in [0.2, 0.25) is 15.9 Å². The van der Waals surface area contributed by atoms with Gasteiger partial charge in [0.25, 0.3) is 0 Å². The smallest absolute Gasteiger partial charge is 0.240 e. The van der Waals surface area contributed by atoms with Crippen LogP contribution in [0.4, 0.5) is 5.82 Å². The summed E-state index contributed by atoms with van der Waals surface area (Å²) in [6, 6.07) is 9.95. The van der Waals surface area contributed by atoms with Gasteiger partial charge in [0.1, 0.15) is 28.2 Å². The van der Waals surface area contributed by atoms with Crippen molar-refractivity contribution in [2.75, 3.05) is 26.0 Å². The second-order valence-electron chi connectivity index (χ2n) is 6.62. The molecule has 1 atom stereocenters. The van der Waals surface area contributed by atoms with E-state index < -0.39 is 21.2 Å². The Morgan fingerprint density at radius 3 is 2.23 bits per heavy atom. The number of amides is 1. The lowest BCUT2D eigenvalue weighted by molar-refractivity contribution is -0.117. The van der Waals surface area contributed by atoms with Gasteiger partial charge in [-0.05, 0) is 36.7 Å². The van der Waals surface area contributed by atoms with Crippen LogP contribution >= 0.6 is 11.8 Å². The predicted molar refractivity (Wildman–Crippen MR) is 118 cm³/mol. The third kappa shape index (κ3) is 4.97. The lowest BCUT2D eigenvalue weighted by atomic mass is 10.0. The van der Waals surface area contributed by atoms with E-state index in [-0.39, 0.29) is 15.5 Å². The van der Waals surface area contributed by atoms with Crippen molar-refractivity contribution >= 4 is 33.5 Å². The van der Waals surface area contributed by atoms with Gasteiger partial charge in [0.05, 0.1) is 16.0 Å². The number of thioether (sulfide) groups is 1. The van der Waals surface area contributed by atoms with Gasteiger partial charge in [0, 0.05) is 14.1 Å². The highest BCUT2D eigenvalue weighted by Gasteiger charge is 2.26. The highest BCUT2D eigenvalue weighted by Crippen LogP contribution is 2.39. The number of sulfonamides is 1. The Balaban J connectivity index is 2.60. The Hall–Kier alpha value is -3.12. The first-order chi connectivity index (χ1) is 14.6. The van der Waals surface area contributed by atoms with Crippen LogP contribution in [0.1, 0.15) is 34.4 Å². The van der Waals surface area contributed by atoms with E-state index in [1.54, 1.807) is 19.0 Å². The SMILES string of the molecule is CCc1c(C#N)c(SC(C(N)=O)c2ccc(S(=O)(=O)NC)cc2)nc(N(C)C)c1C#N. The van der Waals surface area contributed by atoms with E-state index in [2.05, 4.69) is 21.8 Å². The molecule has 31 heavy (non-hydrogen) atoms. The highest BCUT2D eigenvalue weighted by molar-refractivity contribution is 8.00. The summed E-state index contributed by atoms with van der Waals surface area (Å²) in [7, 11) is 1.14. The molecule has 1 unspecified atom stereocenters. The minimum atomic E-state index is -3.63. The zero-order chi connectivity index (χ0) is 23.3. The van der Waals surface area contributed by atoms with Crippen LogP contribution in [-0.2, 0) is 21.2 Å². The molecule has 0 radical (unpaired) electrons. The van der Waals surface area contributed by atoms with Gasteiger partial charge in [-0.2, -0.15) is 10.5 Å². The fourth-order valence-corrected chi connectivity index (χ4v) is 4.72. The molecule has 9 nitrogen and oxygen atoms in total. The molecule has 1 aromatic heterocycles. The van der Waals surface area contributed by atoms with Crippen LogP contribution in [0.15, 0.2) is 34.2 Å². The summed E-state index contributed by atoms with van der Waals surface area (Å²) >= 11 is 0.991. The number of hydrogen-bond donors (Lipinski definition) is 2. The normalized spacial score (nSPS) is 11.9. The van der Waals surface area contributed by atoms with E-state index in [1.807, 2.05) is 6.92 Å². The number of pyridine rings is 1. The van der Waals surface area contributed by atoms with Gasteiger partial charge < -0.3 is 10.6 Å². The summed E-state index contributed by atoms with van der Waals surface area (Å²) in [5, 5.41) is 18.7. The zero-order valence-corrected chi connectivity index (χ0v) is 19.1. The monoisotopic (exact) mass is 458 g/mol. The first-order valence-electron chi connectivity index (χ1n) is 9.15. The standard InChI is InChI=1S/C20H22N6O3S2/c1-5-14-15(10-21)19(26(3)4)25-20(16(14)11-22)30-17(18(23)27)12-6-8-13(9-7-12)31(28,29)24-2/h6-9,17,24H,5H2,1-4H3,(H2,23,27). The number of carbonyl (C=O) groups is 1. The van der Waals surface area contributed by atoms with Crippen molar-refractivity contribution in [3.63, 3.8) is 0 Å². The van der Waals surface area contributed by atoms with E-state index in [4.69, 9.17) is 5.73 Å². The van der Waals surface area contributed by atoms with Crippen LogP contribution in [0.5, 0.6) is 0 Å². The first kappa shape index (κ1) is 24.2. The zero-order valence-electron chi connectivity index (χ0n) is 17.5. The number of benzene rings is 1. The highest BCUT2D eigenvalue weighted by atomic mass is 32.2. The van der Waals surface area contributed by atoms with Gasteiger partial charge in [-0.3, -0.25) is 4.79 Å². The molecule has 0 saturated heterocycles. The van der Waals surface area contributed by atoms with Crippen molar-refractivity contribution in [1.29, 1.82) is 10.5 Å². The Bertz CT molecular complexity index is 1180. The summed E-state index contributed by atoms with van der Waals surface area (Å²) < 4.78 is 26.1. The van der Waals surface area contributed by atoms with Gasteiger partial charge in [-0.1, -0.05) is 30.8 Å². The molecule has 0 spiro atoms. The van der Waals surface area contributed by atoms with Crippen LogP contribution in [0.2, 0.25) is 0 Å². The first-order valence-corrected chi connectivity index (χ1v) is 11.5. The Morgan fingerprint density at radius 2 is 1.81 bits per heavy atom. The number of primary amides is 1. The molecule has 3 N–H and O–H groups in total. The van der Waals surface area contributed by atoms with E-state index in [9.17, 15) is 23.7 Å². The summed E-state index contributed by atoms with van der Waals surface area (Å²) in [6.07, 6.45) is 0.431. The number of carbonyl (C=O) groups excluding carboxylic acids is 1. The summed E-state index contributed by atoms with van der Waals surface area (Å²) in [5.41, 5.74) is 7.16. The molecule has 1 aromatic carbocycles. The topological polar surface area (TPSA) is 153 Å². The molecule has 0 aliphatic carbocycles. The second-order valence-corrected chi connectivity index (χ2v) is 9.60. The van der Waals surface area contributed by atoms with E-state index in [0.29, 0.717) is 28.9 Å². The van der Waals surface area contributed by atoms with Crippen molar-refractivity contribution in [3.8, 4) is 12.1 Å². The molecule has 11 heteroatoms. The molecule has 2 aromatic rings. The maximum absolute atomic E-state index is 12.2. The molecule has 0 saturated carbocycles. The van der Waals surface area contributed by atoms with Crippen LogP contribution in [0.3, 0.4) is 0 Å². The third-order valence-corrected chi connectivity index (χ3v) is 7.19. The summed E-state index contributed by atoms with van der Waals surface area (Å²) in [4.78, 5) is 18.4. The van der Waals surface area contributed by atoms with Crippen LogP contribution in [0, 0.1) is 22.7 Å². The quantitative estimate of drug-likeness (QED) is 0.567. The molecular weight excluding hydrogens is 436 g/mol. The molecule has 0 fully saturated rings. The number of aromatic nitrogens is 1. The molecule has 1 amide bonds. The molecule has 162 valence electrons. The average molecular weight is 459 g/mol. The van der Waals surface area contributed by atoms with Crippen molar-refractivity contribution in [2.24, 2.45) is 5.73 Å². The number of nitrogens with one attached hydrogen (secondary N) is 1. The molecular formula is C20H22N6O3S2. The molecule has 2 rings (SSSR count). The van der Waals surface area contributed by atoms with E-state index >= 15 is 0 Å². The van der Waals surface area contributed by atoms with Crippen LogP contribution < -0.4 is 15.4 Å². The maximum Gasteiger partial charge on any atom is 0.240 e. The number of nitriles is 2. The number of anilines is 1. The second kappa shape index (κ2) is 9.79. The van der Waals surface area contributed by atoms with E-state index in [1.165, 1.54) is 31.3 Å². The van der Waals surface area contributed by atoms with Crippen molar-refractivity contribution in [3.05, 3.63) is 46.5 Å². The fourth-order valence-electron chi connectivity index (χ4n) is 2.93. The number of nitrogens with two attached hydrogens (primary N) is 1. The molecule has 0 aliphatic rings. The third-order valence-electron chi connectivity index (χ3n) is 4.50. The van der Waals surface area contributed by atoms with Crippen molar-refractivity contribution in [1.82, 2.24) is 9.71 Å². The lowest BCUT2D eigenvalue weighted by Crippen LogP contribution is -2.21. The van der Waals surface area contributed by atoms with Gasteiger partial charge in [-0.15, -0.1) is 0 Å². The predicted octanol–water partition coefficient (Wildman–Crippen LogP) is 1.68. The average Bonchev–Trinajstić information content (AvgIpc) is 2.75. The minimum Gasteiger partial charge on any atom is -0.368 e. The largest absolute Gasteiger partial charge is 0.368 e. The van der Waals surface area contributed by atoms with Gasteiger partial charge >= 0.3 is 0 Å². The Labute approximate surface area is 185 Å². The lowest BCUT2D eigenvalue weighted by Gasteiger charge is -2.20. The fraction of sp³-hybridized carbons (Fsp3) is 0.300. The van der Waals surface area contributed by atoms with Gasteiger partial charge in [0.15, 0.2) is 0 Å². The minimum absolute atomic E-state index is 0.0457. The number of hydrogen-bond acceptors (Lipinski definition) is 8. The van der Waals surface area contributed by atoms with Crippen molar-refractivity contribution < 1.29 is 13.2 Å². The van der Waals surface area contributed by atoms with Crippen LogP contribution in [0.25, 0.3) is 0 Å². The van der Waals surface area contributed by atoms with Crippen LogP contribution in [-0.4, -0.2) is 40.5 Å². The molecule has 0 aliphatic heterocycles. The Kier molecular flexibility index (Phi) is 7.63. The summed E-state index contributed by atoms with van der Waals surface area (Å²) in [6.45, 7) is 1.83. The number of rotatable bonds is 8. The Morgan fingerprint density at radius 1 is 1.23 bits per heavy atom. The molecule has 1 heterocycles. The molecule has 0 bridgehead atoms. The maximum atomic E-state index is 12.2. The van der Waals surface area contributed by atoms with Crippen molar-refractivity contribution in [2.45, 2.75) is 28.5 Å².